The zero-order valence-electron chi connectivity index (χ0n) is 19.0. The molecule has 0 aliphatic carbocycles. The fraction of sp³-hybridized carbons (Fsp3) is 0.583. The topological polar surface area (TPSA) is 68.4 Å². The van der Waals surface area contributed by atoms with Gasteiger partial charge in [-0.2, -0.15) is 11.8 Å². The maximum absolute atomic E-state index is 13.2. The molecule has 0 saturated carbocycles. The lowest BCUT2D eigenvalue weighted by molar-refractivity contribution is -0.134. The van der Waals surface area contributed by atoms with Crippen molar-refractivity contribution in [2.24, 2.45) is 11.8 Å². The van der Waals surface area contributed by atoms with E-state index in [9.17, 15) is 9.59 Å². The number of nitrogens with zero attached hydrogens (tertiary/aromatic N) is 2. The molecule has 0 bridgehead atoms. The lowest BCUT2D eigenvalue weighted by atomic mass is 9.79. The molecule has 2 amide bonds. The minimum Gasteiger partial charge on any atom is -0.361 e. The molecule has 0 spiro atoms. The summed E-state index contributed by atoms with van der Waals surface area (Å²) in [5.41, 5.74) is 1.51. The number of piperidine rings is 2. The number of carbonyl (C=O) groups is 2. The van der Waals surface area contributed by atoms with E-state index in [1.54, 1.807) is 11.8 Å². The van der Waals surface area contributed by atoms with Crippen molar-refractivity contribution < 1.29 is 9.59 Å². The van der Waals surface area contributed by atoms with Crippen LogP contribution in [0, 0.1) is 11.8 Å². The fourth-order valence-corrected chi connectivity index (χ4v) is 5.64. The Kier molecular flexibility index (Phi) is 8.91. The fourth-order valence-electron chi connectivity index (χ4n) is 5.08. The first-order chi connectivity index (χ1) is 15.0. The number of hydrogen-bond acceptors (Lipinski definition) is 4. The molecular formula is C24H35ClN4O2S. The molecule has 1 aromatic carbocycles. The van der Waals surface area contributed by atoms with Crippen LogP contribution >= 0.6 is 24.2 Å². The normalized spacial score (nSPS) is 19.5. The van der Waals surface area contributed by atoms with E-state index in [1.807, 2.05) is 41.6 Å². The molecule has 1 atom stereocenters. The van der Waals surface area contributed by atoms with E-state index in [1.165, 1.54) is 25.9 Å². The maximum Gasteiger partial charge on any atom is 0.252 e. The van der Waals surface area contributed by atoms with Crippen molar-refractivity contribution in [3.8, 4) is 0 Å². The van der Waals surface area contributed by atoms with E-state index in [2.05, 4.69) is 22.2 Å². The SMILES string of the molecule is CSC[C@@H](NC(=O)c1ccc2cc[nH]c2c1)C(=O)N1CCC(C2CCN(C)CC2)CC1.Cl. The second kappa shape index (κ2) is 11.4. The number of hydrogen-bond donors (Lipinski definition) is 2. The van der Waals surface area contributed by atoms with Gasteiger partial charge in [0.1, 0.15) is 6.04 Å². The first-order valence-electron chi connectivity index (χ1n) is 11.4. The van der Waals surface area contributed by atoms with Crippen molar-refractivity contribution in [3.05, 3.63) is 36.0 Å². The molecule has 176 valence electrons. The summed E-state index contributed by atoms with van der Waals surface area (Å²) < 4.78 is 0. The van der Waals surface area contributed by atoms with E-state index in [0.717, 1.165) is 48.7 Å². The highest BCUT2D eigenvalue weighted by molar-refractivity contribution is 7.98. The summed E-state index contributed by atoms with van der Waals surface area (Å²) in [6.45, 7) is 4.01. The third-order valence-electron chi connectivity index (χ3n) is 7.04. The first-order valence-corrected chi connectivity index (χ1v) is 12.8. The molecule has 2 aliphatic rings. The summed E-state index contributed by atoms with van der Waals surface area (Å²) in [4.78, 5) is 33.6. The van der Waals surface area contributed by atoms with Crippen LogP contribution in [0.5, 0.6) is 0 Å². The van der Waals surface area contributed by atoms with Crippen LogP contribution in [0.4, 0.5) is 0 Å². The van der Waals surface area contributed by atoms with Crippen LogP contribution in [-0.4, -0.2) is 77.9 Å². The van der Waals surface area contributed by atoms with Crippen LogP contribution in [0.25, 0.3) is 10.9 Å². The lowest BCUT2D eigenvalue weighted by Gasteiger charge is -2.40. The van der Waals surface area contributed by atoms with E-state index < -0.39 is 6.04 Å². The number of likely N-dealkylation sites (tertiary alicyclic amines) is 2. The molecule has 6 nitrogen and oxygen atoms in total. The highest BCUT2D eigenvalue weighted by Crippen LogP contribution is 2.32. The average molecular weight is 479 g/mol. The van der Waals surface area contributed by atoms with Crippen molar-refractivity contribution in [1.29, 1.82) is 0 Å². The molecule has 0 unspecified atom stereocenters. The summed E-state index contributed by atoms with van der Waals surface area (Å²) >= 11 is 1.59. The summed E-state index contributed by atoms with van der Waals surface area (Å²) in [6, 6.07) is 7.09. The Balaban J connectivity index is 0.00000289. The minimum atomic E-state index is -0.485. The van der Waals surface area contributed by atoms with E-state index in [-0.39, 0.29) is 24.2 Å². The molecule has 2 fully saturated rings. The number of benzene rings is 1. The second-order valence-electron chi connectivity index (χ2n) is 9.06. The number of aromatic amines is 1. The Bertz CT molecular complexity index is 904. The predicted octanol–water partition coefficient (Wildman–Crippen LogP) is 3.63. The molecule has 2 aliphatic heterocycles. The van der Waals surface area contributed by atoms with Crippen molar-refractivity contribution in [2.45, 2.75) is 31.7 Å². The number of carbonyl (C=O) groups excluding carboxylic acids is 2. The van der Waals surface area contributed by atoms with E-state index in [4.69, 9.17) is 0 Å². The second-order valence-corrected chi connectivity index (χ2v) is 9.98. The maximum atomic E-state index is 13.2. The molecule has 32 heavy (non-hydrogen) atoms. The number of halogens is 1. The third kappa shape index (κ3) is 5.80. The van der Waals surface area contributed by atoms with Crippen LogP contribution in [0.2, 0.25) is 0 Å². The van der Waals surface area contributed by atoms with Crippen molar-refractivity contribution in [1.82, 2.24) is 20.1 Å². The number of nitrogens with one attached hydrogen (secondary N) is 2. The Morgan fingerprint density at radius 2 is 1.75 bits per heavy atom. The number of amides is 2. The van der Waals surface area contributed by atoms with Gasteiger partial charge in [0.05, 0.1) is 0 Å². The average Bonchev–Trinajstić information content (AvgIpc) is 3.27. The summed E-state index contributed by atoms with van der Waals surface area (Å²) in [5, 5.41) is 4.07. The van der Waals surface area contributed by atoms with Gasteiger partial charge in [-0.25, -0.2) is 0 Å². The number of H-pyrrole nitrogens is 1. The minimum absolute atomic E-state index is 0. The Morgan fingerprint density at radius 3 is 2.41 bits per heavy atom. The van der Waals surface area contributed by atoms with Gasteiger partial charge in [-0.1, -0.05) is 6.07 Å². The van der Waals surface area contributed by atoms with E-state index in [0.29, 0.717) is 11.3 Å². The standard InChI is InChI=1S/C24H34N4O2S.ClH/c1-27-11-6-17(7-12-27)18-8-13-28(14-9-18)24(30)22(16-31-2)26-23(29)20-4-3-19-5-10-25-21(19)15-20;/h3-5,10,15,17-18,22,25H,6-9,11-14,16H2,1-2H3,(H,26,29);1H/t22-;/m1./s1. The van der Waals surface area contributed by atoms with Gasteiger partial charge >= 0.3 is 0 Å². The Hall–Kier alpha value is -1.70. The third-order valence-corrected chi connectivity index (χ3v) is 7.70. The predicted molar refractivity (Wildman–Crippen MR) is 135 cm³/mol. The van der Waals surface area contributed by atoms with E-state index >= 15 is 0 Å². The molecular weight excluding hydrogens is 444 g/mol. The van der Waals surface area contributed by atoms with Crippen LogP contribution in [0.15, 0.2) is 30.5 Å². The largest absolute Gasteiger partial charge is 0.361 e. The highest BCUT2D eigenvalue weighted by atomic mass is 35.5. The van der Waals surface area contributed by atoms with Gasteiger partial charge in [-0.3, -0.25) is 9.59 Å². The Labute approximate surface area is 201 Å². The van der Waals surface area contributed by atoms with Crippen molar-refractivity contribution in [2.75, 3.05) is 45.2 Å². The van der Waals surface area contributed by atoms with Crippen LogP contribution in [-0.2, 0) is 4.79 Å². The van der Waals surface area contributed by atoms with Crippen LogP contribution in [0.1, 0.15) is 36.0 Å². The molecule has 2 saturated heterocycles. The van der Waals surface area contributed by atoms with Crippen molar-refractivity contribution in [3.63, 3.8) is 0 Å². The van der Waals surface area contributed by atoms with Crippen molar-refractivity contribution >= 4 is 46.9 Å². The monoisotopic (exact) mass is 478 g/mol. The molecule has 3 heterocycles. The van der Waals surface area contributed by atoms with Gasteiger partial charge in [0, 0.05) is 36.1 Å². The van der Waals surface area contributed by atoms with Crippen LogP contribution < -0.4 is 5.32 Å². The zero-order chi connectivity index (χ0) is 21.8. The highest BCUT2D eigenvalue weighted by Gasteiger charge is 2.33. The Morgan fingerprint density at radius 1 is 1.09 bits per heavy atom. The zero-order valence-corrected chi connectivity index (χ0v) is 20.6. The molecule has 1 aromatic heterocycles. The quantitative estimate of drug-likeness (QED) is 0.665. The molecule has 2 aromatic rings. The number of fused-ring (bicyclic) bond motifs is 1. The van der Waals surface area contributed by atoms with Gasteiger partial charge in [0.2, 0.25) is 5.91 Å². The molecule has 4 rings (SSSR count). The lowest BCUT2D eigenvalue weighted by Crippen LogP contribution is -2.52. The van der Waals surface area contributed by atoms with Crippen LogP contribution in [0.3, 0.4) is 0 Å². The molecule has 8 heteroatoms. The summed E-state index contributed by atoms with van der Waals surface area (Å²) in [6.07, 6.45) is 8.58. The number of aromatic nitrogens is 1. The molecule has 2 N–H and O–H groups in total. The summed E-state index contributed by atoms with van der Waals surface area (Å²) in [5.74, 6) is 2.00. The number of thioether (sulfide) groups is 1. The van der Waals surface area contributed by atoms with Gasteiger partial charge in [-0.05, 0) is 87.5 Å². The van der Waals surface area contributed by atoms with Gasteiger partial charge in [0.25, 0.3) is 5.91 Å². The van der Waals surface area contributed by atoms with Gasteiger partial charge < -0.3 is 20.1 Å². The van der Waals surface area contributed by atoms with Gasteiger partial charge in [0.15, 0.2) is 0 Å². The van der Waals surface area contributed by atoms with Gasteiger partial charge in [-0.15, -0.1) is 12.4 Å². The first kappa shape index (κ1) is 24.9. The summed E-state index contributed by atoms with van der Waals surface area (Å²) in [7, 11) is 2.20. The smallest absolute Gasteiger partial charge is 0.252 e. The number of rotatable bonds is 6. The molecule has 0 radical (unpaired) electrons.